The van der Waals surface area contributed by atoms with Crippen LogP contribution in [0.4, 0.5) is 5.69 Å². The van der Waals surface area contributed by atoms with Crippen LogP contribution in [-0.4, -0.2) is 99.7 Å². The Morgan fingerprint density at radius 3 is 1.59 bits per heavy atom. The number of halogens is 4. The number of benzene rings is 1. The third-order valence-electron chi connectivity index (χ3n) is 4.39. The van der Waals surface area contributed by atoms with Gasteiger partial charge >= 0.3 is 0 Å². The average Bonchev–Trinajstić information content (AvgIpc) is 2.79. The van der Waals surface area contributed by atoms with E-state index in [-0.39, 0.29) is 45.3 Å². The molecular weight excluding hydrogens is 859 g/mol. The Kier molecular flexibility index (Phi) is 14.5. The topological polar surface area (TPSA) is 180 Å². The van der Waals surface area contributed by atoms with Gasteiger partial charge < -0.3 is 41.1 Å². The molecule has 1 rings (SSSR count). The first-order valence-electron chi connectivity index (χ1n) is 9.77. The third-order valence-corrected chi connectivity index (χ3v) is 8.31. The Hall–Kier alpha value is 0.1000. The number of nitrogens with one attached hydrogen (secondary N) is 2. The maximum Gasteiger partial charge on any atom is 0.253 e. The largest absolute Gasteiger partial charge is 0.394 e. The number of carbonyl (C=O) groups is 3. The molecule has 0 heterocycles. The molecule has 0 bridgehead atoms. The van der Waals surface area contributed by atoms with E-state index in [1.54, 1.807) is 0 Å². The van der Waals surface area contributed by atoms with Gasteiger partial charge in [0.25, 0.3) is 11.8 Å². The quantitative estimate of drug-likeness (QED) is 0.111. The molecule has 3 atom stereocenters. The second-order valence-corrected chi connectivity index (χ2v) is 11.0. The lowest BCUT2D eigenvalue weighted by molar-refractivity contribution is -0.116. The van der Waals surface area contributed by atoms with E-state index in [0.29, 0.717) is 7.14 Å². The van der Waals surface area contributed by atoms with Crippen molar-refractivity contribution in [1.29, 1.82) is 0 Å². The minimum atomic E-state index is -1.19. The van der Waals surface area contributed by atoms with Crippen molar-refractivity contribution in [2.24, 2.45) is 0 Å². The standard InChI is InChI=1S/C19H25BrI3N3O8/c1-8(29)26(5-9(30)2-20)17-15(22)12(18(33)24-3-10(31)6-27)14(21)13(16(17)23)19(34)25-4-11(32)7-28/h9-11,27-28,30-32H,2-7H2,1H3,(H,24,33)(H,25,34). The molecule has 1 aromatic carbocycles. The van der Waals surface area contributed by atoms with E-state index in [4.69, 9.17) is 10.2 Å². The number of aliphatic hydroxyl groups excluding tert-OH is 5. The lowest BCUT2D eigenvalue weighted by Crippen LogP contribution is -2.40. The molecule has 7 N–H and O–H groups in total. The predicted molar refractivity (Wildman–Crippen MR) is 153 cm³/mol. The van der Waals surface area contributed by atoms with E-state index in [1.165, 1.54) is 11.8 Å². The van der Waals surface area contributed by atoms with Crippen LogP contribution in [0.5, 0.6) is 0 Å². The Balaban J connectivity index is 3.73. The maximum absolute atomic E-state index is 13.0. The summed E-state index contributed by atoms with van der Waals surface area (Å²) < 4.78 is 0.935. The Labute approximate surface area is 245 Å². The minimum Gasteiger partial charge on any atom is -0.394 e. The third kappa shape index (κ3) is 8.60. The molecule has 0 fully saturated rings. The first-order chi connectivity index (χ1) is 15.9. The normalized spacial score (nSPS) is 13.7. The van der Waals surface area contributed by atoms with Crippen LogP contribution in [0.25, 0.3) is 0 Å². The predicted octanol–water partition coefficient (Wildman–Crippen LogP) is -0.225. The number of alkyl halides is 1. The van der Waals surface area contributed by atoms with E-state index >= 15 is 0 Å². The molecule has 3 amide bonds. The Bertz CT molecular complexity index is 855. The van der Waals surface area contributed by atoms with Crippen LogP contribution in [0, 0.1) is 10.7 Å². The fourth-order valence-corrected chi connectivity index (χ4v) is 7.58. The van der Waals surface area contributed by atoms with E-state index in [2.05, 4.69) is 26.6 Å². The van der Waals surface area contributed by atoms with Crippen molar-refractivity contribution in [2.75, 3.05) is 43.1 Å². The van der Waals surface area contributed by atoms with Crippen LogP contribution >= 0.6 is 83.7 Å². The molecular formula is C19H25BrI3N3O8. The molecule has 0 aliphatic rings. The number of nitrogens with zero attached hydrogens (tertiary/aromatic N) is 1. The van der Waals surface area contributed by atoms with Gasteiger partial charge in [0.2, 0.25) is 5.91 Å². The summed E-state index contributed by atoms with van der Waals surface area (Å²) in [4.78, 5) is 39.9. The molecule has 0 aromatic heterocycles. The summed E-state index contributed by atoms with van der Waals surface area (Å²) >= 11 is 8.76. The highest BCUT2D eigenvalue weighted by Gasteiger charge is 2.32. The molecule has 1 aromatic rings. The molecule has 0 radical (unpaired) electrons. The highest BCUT2D eigenvalue weighted by atomic mass is 127. The van der Waals surface area contributed by atoms with Crippen LogP contribution in [-0.2, 0) is 4.79 Å². The number of carbonyl (C=O) groups excluding carboxylic acids is 3. The molecule has 34 heavy (non-hydrogen) atoms. The van der Waals surface area contributed by atoms with Crippen molar-refractivity contribution in [3.63, 3.8) is 0 Å². The van der Waals surface area contributed by atoms with Gasteiger partial charge in [-0.25, -0.2) is 0 Å². The maximum atomic E-state index is 13.0. The fraction of sp³-hybridized carbons (Fsp3) is 0.526. The first kappa shape index (κ1) is 32.1. The average molecular weight is 884 g/mol. The Morgan fingerprint density at radius 1 is 0.853 bits per heavy atom. The first-order valence-corrected chi connectivity index (χ1v) is 14.1. The molecule has 11 nitrogen and oxygen atoms in total. The highest BCUT2D eigenvalue weighted by Crippen LogP contribution is 2.38. The molecule has 192 valence electrons. The van der Waals surface area contributed by atoms with Gasteiger partial charge in [-0.1, -0.05) is 15.9 Å². The van der Waals surface area contributed by atoms with Gasteiger partial charge in [0, 0.05) is 28.9 Å². The lowest BCUT2D eigenvalue weighted by Gasteiger charge is -2.28. The van der Waals surface area contributed by atoms with Gasteiger partial charge in [0.1, 0.15) is 0 Å². The summed E-state index contributed by atoms with van der Waals surface area (Å²) in [5.74, 6) is -1.72. The van der Waals surface area contributed by atoms with Crippen molar-refractivity contribution < 1.29 is 39.9 Å². The van der Waals surface area contributed by atoms with E-state index in [9.17, 15) is 29.7 Å². The van der Waals surface area contributed by atoms with Crippen molar-refractivity contribution in [3.8, 4) is 0 Å². The van der Waals surface area contributed by atoms with Gasteiger partial charge in [-0.15, -0.1) is 0 Å². The van der Waals surface area contributed by atoms with Gasteiger partial charge in [-0.3, -0.25) is 14.4 Å². The summed E-state index contributed by atoms with van der Waals surface area (Å²) in [7, 11) is 0. The van der Waals surface area contributed by atoms with Crippen molar-refractivity contribution in [1.82, 2.24) is 10.6 Å². The monoisotopic (exact) mass is 883 g/mol. The van der Waals surface area contributed by atoms with Crippen molar-refractivity contribution >= 4 is 107 Å². The van der Waals surface area contributed by atoms with E-state index in [0.717, 1.165) is 0 Å². The zero-order valence-corrected chi connectivity index (χ0v) is 26.0. The zero-order chi connectivity index (χ0) is 26.2. The van der Waals surface area contributed by atoms with Crippen LogP contribution in [0.1, 0.15) is 27.6 Å². The molecule has 3 unspecified atom stereocenters. The number of hydrogen-bond acceptors (Lipinski definition) is 8. The molecule has 0 spiro atoms. The molecule has 0 aliphatic heterocycles. The summed E-state index contributed by atoms with van der Waals surface area (Å²) in [6, 6.07) is 0. The number of amides is 3. The summed E-state index contributed by atoms with van der Waals surface area (Å²) in [6.45, 7) is -0.426. The van der Waals surface area contributed by atoms with Crippen LogP contribution in [0.2, 0.25) is 0 Å². The highest BCUT2D eigenvalue weighted by molar-refractivity contribution is 14.1. The van der Waals surface area contributed by atoms with Crippen LogP contribution < -0.4 is 15.5 Å². The number of rotatable bonds is 12. The van der Waals surface area contributed by atoms with Gasteiger partial charge in [0.15, 0.2) is 0 Å². The SMILES string of the molecule is CC(=O)N(CC(O)CBr)c1c(I)c(C(=O)NCC(O)CO)c(I)c(C(=O)NCC(O)CO)c1I. The number of aliphatic hydroxyl groups is 5. The van der Waals surface area contributed by atoms with E-state index < -0.39 is 49.2 Å². The van der Waals surface area contributed by atoms with Crippen molar-refractivity contribution in [2.45, 2.75) is 25.2 Å². The second-order valence-electron chi connectivity index (χ2n) is 7.07. The minimum absolute atomic E-state index is 0.0641. The van der Waals surface area contributed by atoms with Gasteiger partial charge in [-0.05, 0) is 67.8 Å². The summed E-state index contributed by atoms with van der Waals surface area (Å²) in [6.07, 6.45) is -3.30. The zero-order valence-electron chi connectivity index (χ0n) is 17.9. The lowest BCUT2D eigenvalue weighted by atomic mass is 10.1. The van der Waals surface area contributed by atoms with E-state index in [1.807, 2.05) is 67.8 Å². The second kappa shape index (κ2) is 15.4. The number of anilines is 1. The molecule has 0 saturated carbocycles. The Morgan fingerprint density at radius 2 is 1.26 bits per heavy atom. The molecule has 0 saturated heterocycles. The van der Waals surface area contributed by atoms with Crippen LogP contribution in [0.15, 0.2) is 0 Å². The van der Waals surface area contributed by atoms with Gasteiger partial charge in [-0.2, -0.15) is 0 Å². The van der Waals surface area contributed by atoms with Gasteiger partial charge in [0.05, 0.1) is 62.0 Å². The number of hydrogen-bond donors (Lipinski definition) is 7. The summed E-state index contributed by atoms with van der Waals surface area (Å²) in [5, 5.41) is 52.6. The molecule has 0 aliphatic carbocycles. The molecule has 15 heteroatoms. The van der Waals surface area contributed by atoms with Crippen molar-refractivity contribution in [3.05, 3.63) is 21.8 Å². The summed E-state index contributed by atoms with van der Waals surface area (Å²) in [5.41, 5.74) is 0.373. The smallest absolute Gasteiger partial charge is 0.253 e. The van der Waals surface area contributed by atoms with Crippen LogP contribution in [0.3, 0.4) is 0 Å². The fourth-order valence-electron chi connectivity index (χ4n) is 2.65.